The minimum Gasteiger partial charge on any atom is -0.483 e. The van der Waals surface area contributed by atoms with Crippen LogP contribution in [0.2, 0.25) is 0 Å². The summed E-state index contributed by atoms with van der Waals surface area (Å²) < 4.78 is 10.6. The number of carbonyl (C=O) groups excluding carboxylic acids is 5. The van der Waals surface area contributed by atoms with E-state index in [2.05, 4.69) is 28.2 Å². The maximum Gasteiger partial charge on any atom is 0.314 e. The number of aliphatic hydroxyl groups excluding tert-OH is 1. The Morgan fingerprint density at radius 2 is 0.943 bits per heavy atom. The van der Waals surface area contributed by atoms with E-state index in [1.54, 1.807) is 0 Å². The fraction of sp³-hybridized carbons (Fsp3) is 0.846. The normalized spacial score (nSPS) is 10.0. The van der Waals surface area contributed by atoms with Crippen LogP contribution in [0.3, 0.4) is 0 Å². The van der Waals surface area contributed by atoms with Gasteiger partial charge < -0.3 is 45.7 Å². The summed E-state index contributed by atoms with van der Waals surface area (Å²) in [7, 11) is 1.00. The van der Waals surface area contributed by atoms with Crippen molar-refractivity contribution in [2.24, 2.45) is 5.92 Å². The zero-order valence-electron chi connectivity index (χ0n) is 33.8. The molecule has 314 valence electrons. The number of unbranched alkanes of at least 4 members (excludes halogenated alkanes) is 15. The lowest BCUT2D eigenvalue weighted by Gasteiger charge is -2.09. The van der Waals surface area contributed by atoms with Crippen LogP contribution in [0.5, 0.6) is 0 Å². The van der Waals surface area contributed by atoms with Crippen LogP contribution in [0.1, 0.15) is 149 Å². The first kappa shape index (κ1) is 56.6. The molecule has 14 heteroatoms. The number of rotatable bonds is 34. The molecule has 0 bridgehead atoms. The molecule has 0 saturated carbocycles. The second-order valence-electron chi connectivity index (χ2n) is 12.8. The van der Waals surface area contributed by atoms with E-state index in [1.807, 2.05) is 20.6 Å². The zero-order chi connectivity index (χ0) is 40.6. The van der Waals surface area contributed by atoms with Crippen molar-refractivity contribution in [2.45, 2.75) is 149 Å². The molecular formula is C39H78N4O10. The van der Waals surface area contributed by atoms with Crippen molar-refractivity contribution in [3.8, 4) is 0 Å². The third-order valence-corrected chi connectivity index (χ3v) is 7.91. The molecule has 0 fully saturated rings. The highest BCUT2D eigenvalue weighted by Gasteiger charge is 2.07. The quantitative estimate of drug-likeness (QED) is 0.0347. The fourth-order valence-corrected chi connectivity index (χ4v) is 4.85. The van der Waals surface area contributed by atoms with Gasteiger partial charge in [0, 0.05) is 52.0 Å². The number of hydrogen-bond acceptors (Lipinski definition) is 9. The Balaban J connectivity index is -0.00000159. The average Bonchev–Trinajstić information content (AvgIpc) is 3.16. The molecule has 0 aliphatic rings. The Morgan fingerprint density at radius 3 is 1.42 bits per heavy atom. The number of carboxylic acid groups (broad SMARTS) is 1. The van der Waals surface area contributed by atoms with E-state index < -0.39 is 0 Å². The van der Waals surface area contributed by atoms with E-state index in [0.717, 1.165) is 32.8 Å². The summed E-state index contributed by atoms with van der Waals surface area (Å²) >= 11 is 0. The van der Waals surface area contributed by atoms with Gasteiger partial charge in [-0.25, -0.2) is 4.79 Å². The van der Waals surface area contributed by atoms with Gasteiger partial charge in [-0.1, -0.05) is 111 Å². The van der Waals surface area contributed by atoms with Crippen LogP contribution < -0.4 is 21.3 Å². The first-order valence-corrected chi connectivity index (χ1v) is 19.8. The van der Waals surface area contributed by atoms with E-state index >= 15 is 0 Å². The van der Waals surface area contributed by atoms with Gasteiger partial charge in [-0.2, -0.15) is 0 Å². The monoisotopic (exact) mass is 763 g/mol. The third kappa shape index (κ3) is 53.4. The van der Waals surface area contributed by atoms with Crippen molar-refractivity contribution in [2.75, 3.05) is 59.7 Å². The fourth-order valence-electron chi connectivity index (χ4n) is 4.85. The van der Waals surface area contributed by atoms with Crippen LogP contribution in [0.25, 0.3) is 0 Å². The summed E-state index contributed by atoms with van der Waals surface area (Å²) in [6.45, 7) is 10.9. The molecule has 0 aromatic rings. The van der Waals surface area contributed by atoms with Gasteiger partial charge in [0.1, 0.15) is 13.4 Å². The van der Waals surface area contributed by atoms with Crippen molar-refractivity contribution in [3.63, 3.8) is 0 Å². The molecule has 0 heterocycles. The molecule has 0 radical (unpaired) electrons. The van der Waals surface area contributed by atoms with E-state index in [9.17, 15) is 19.2 Å². The lowest BCUT2D eigenvalue weighted by molar-refractivity contribution is -0.127. The molecule has 0 saturated heterocycles. The standard InChI is InChI=1S/C36H70N4O6.CH2O2.CH4O.CH2O/c1-4-5-6-7-8-9-10-11-12-13-14-15-16-17-18-22-34(42)38-26-21-23-35(43)37-24-19-20-25-39-36(44)40-27-28-45-29-30-46-31-33(41)32(2)3;2-1-3;2*1-2/h32H,4-31H2,1-3H3,(H,37,43)(H,38,42)(H2,39,40,44);1H,(H,2,3);2H,1H3;1H2. The predicted octanol–water partition coefficient (Wildman–Crippen LogP) is 5.72. The van der Waals surface area contributed by atoms with Crippen LogP contribution >= 0.6 is 0 Å². The van der Waals surface area contributed by atoms with E-state index in [1.165, 1.54) is 83.5 Å². The Labute approximate surface area is 321 Å². The molecule has 6 N–H and O–H groups in total. The van der Waals surface area contributed by atoms with Gasteiger partial charge in [0.05, 0.1) is 19.8 Å². The van der Waals surface area contributed by atoms with Crippen LogP contribution in [-0.4, -0.2) is 107 Å². The molecule has 0 unspecified atom stereocenters. The molecule has 0 aromatic heterocycles. The number of amides is 4. The number of hydrogen-bond donors (Lipinski definition) is 6. The number of aliphatic hydroxyl groups is 1. The average molecular weight is 763 g/mol. The number of nitrogens with one attached hydrogen (secondary N) is 4. The molecular weight excluding hydrogens is 684 g/mol. The Kier molecular flexibility index (Phi) is 54.5. The van der Waals surface area contributed by atoms with Gasteiger partial charge in [-0.05, 0) is 25.7 Å². The lowest BCUT2D eigenvalue weighted by atomic mass is 10.0. The first-order chi connectivity index (χ1) is 25.8. The summed E-state index contributed by atoms with van der Waals surface area (Å²) in [4.78, 5) is 63.6. The van der Waals surface area contributed by atoms with Crippen LogP contribution in [0.4, 0.5) is 4.79 Å². The van der Waals surface area contributed by atoms with E-state index in [4.69, 9.17) is 29.3 Å². The van der Waals surface area contributed by atoms with Crippen molar-refractivity contribution in [1.29, 1.82) is 0 Å². The number of carbonyl (C=O) groups is 6. The third-order valence-electron chi connectivity index (χ3n) is 7.91. The molecule has 0 spiro atoms. The Bertz CT molecular complexity index is 819. The van der Waals surface area contributed by atoms with Gasteiger partial charge >= 0.3 is 6.03 Å². The number of urea groups is 1. The molecule has 4 amide bonds. The molecule has 0 atom stereocenters. The SMILES string of the molecule is C=O.CCCCCCCCCCCCCCCCCC(=O)NCCCC(=O)NCCCCNC(=O)NCCOCCOCC(=O)C(C)C.CO.O=CO. The van der Waals surface area contributed by atoms with Gasteiger partial charge in [0.2, 0.25) is 11.8 Å². The Morgan fingerprint density at radius 1 is 0.566 bits per heavy atom. The molecule has 0 aromatic carbocycles. The van der Waals surface area contributed by atoms with Crippen molar-refractivity contribution in [1.82, 2.24) is 21.3 Å². The lowest BCUT2D eigenvalue weighted by Crippen LogP contribution is -2.38. The molecule has 14 nitrogen and oxygen atoms in total. The largest absolute Gasteiger partial charge is 0.483 e. The van der Waals surface area contributed by atoms with Crippen molar-refractivity contribution in [3.05, 3.63) is 0 Å². The summed E-state index contributed by atoms with van der Waals surface area (Å²) in [5, 5.41) is 25.2. The van der Waals surface area contributed by atoms with Crippen molar-refractivity contribution >= 4 is 36.9 Å². The van der Waals surface area contributed by atoms with E-state index in [0.29, 0.717) is 65.3 Å². The van der Waals surface area contributed by atoms with Gasteiger partial charge in [-0.15, -0.1) is 0 Å². The highest BCUT2D eigenvalue weighted by Crippen LogP contribution is 2.13. The van der Waals surface area contributed by atoms with E-state index in [-0.39, 0.29) is 42.6 Å². The highest BCUT2D eigenvalue weighted by atomic mass is 16.5. The summed E-state index contributed by atoms with van der Waals surface area (Å²) in [6.07, 6.45) is 22.8. The summed E-state index contributed by atoms with van der Waals surface area (Å²) in [5.74, 6) is 0.106. The van der Waals surface area contributed by atoms with Crippen molar-refractivity contribution < 1.29 is 48.5 Å². The molecule has 0 aliphatic heterocycles. The van der Waals surface area contributed by atoms with Crippen LogP contribution in [0, 0.1) is 5.92 Å². The zero-order valence-corrected chi connectivity index (χ0v) is 33.8. The van der Waals surface area contributed by atoms with Crippen LogP contribution in [-0.2, 0) is 33.4 Å². The topological polar surface area (TPSA) is 209 Å². The summed E-state index contributed by atoms with van der Waals surface area (Å²) in [5.41, 5.74) is 0. The number of ketones is 1. The second kappa shape index (κ2) is 51.0. The second-order valence-corrected chi connectivity index (χ2v) is 12.8. The Hall–Kier alpha value is -3.10. The van der Waals surface area contributed by atoms with Gasteiger partial charge in [0.15, 0.2) is 5.78 Å². The first-order valence-electron chi connectivity index (χ1n) is 19.8. The highest BCUT2D eigenvalue weighted by molar-refractivity contribution is 5.81. The molecule has 0 rings (SSSR count). The number of ether oxygens (including phenoxy) is 2. The number of Topliss-reactive ketones (excluding diaryl/α,β-unsaturated/α-hetero) is 1. The van der Waals surface area contributed by atoms with Gasteiger partial charge in [0.25, 0.3) is 6.47 Å². The molecule has 0 aliphatic carbocycles. The maximum absolute atomic E-state index is 12.0. The summed E-state index contributed by atoms with van der Waals surface area (Å²) in [6, 6.07) is -0.256. The minimum atomic E-state index is -0.256. The van der Waals surface area contributed by atoms with Crippen LogP contribution in [0.15, 0.2) is 0 Å². The smallest absolute Gasteiger partial charge is 0.314 e. The van der Waals surface area contributed by atoms with Gasteiger partial charge in [-0.3, -0.25) is 19.2 Å². The maximum atomic E-state index is 12.0. The minimum absolute atomic E-state index is 0.0146. The molecule has 53 heavy (non-hydrogen) atoms. The predicted molar refractivity (Wildman–Crippen MR) is 211 cm³/mol.